The van der Waals surface area contributed by atoms with Crippen molar-refractivity contribution in [1.29, 1.82) is 0 Å². The van der Waals surface area contributed by atoms with Gasteiger partial charge >= 0.3 is 5.97 Å². The number of carbonyl (C=O) groups is 2. The second-order valence-corrected chi connectivity index (χ2v) is 6.72. The van der Waals surface area contributed by atoms with Crippen molar-refractivity contribution in [2.45, 2.75) is 26.5 Å². The maximum absolute atomic E-state index is 12.3. The Bertz CT molecular complexity index is 855. The molecule has 8 nitrogen and oxygen atoms in total. The molecular weight excluding hydrogens is 358 g/mol. The molecule has 0 aliphatic heterocycles. The van der Waals surface area contributed by atoms with Crippen LogP contribution in [0, 0.1) is 5.92 Å². The van der Waals surface area contributed by atoms with Crippen LogP contribution < -0.4 is 5.32 Å². The maximum Gasteiger partial charge on any atom is 0.329 e. The fraction of sp³-hybridized carbons (Fsp3) is 0.294. The van der Waals surface area contributed by atoms with Gasteiger partial charge in [0.2, 0.25) is 5.82 Å². The number of thiophene rings is 1. The number of furan rings is 1. The van der Waals surface area contributed by atoms with Gasteiger partial charge in [0.25, 0.3) is 11.8 Å². The van der Waals surface area contributed by atoms with Gasteiger partial charge in [-0.2, -0.15) is 4.98 Å². The molecule has 0 aliphatic carbocycles. The van der Waals surface area contributed by atoms with E-state index in [1.54, 1.807) is 19.9 Å². The molecule has 0 spiro atoms. The Hall–Kier alpha value is -2.94. The van der Waals surface area contributed by atoms with Crippen molar-refractivity contribution in [2.75, 3.05) is 0 Å². The van der Waals surface area contributed by atoms with Crippen molar-refractivity contribution in [2.24, 2.45) is 5.92 Å². The van der Waals surface area contributed by atoms with Gasteiger partial charge in [-0.15, -0.1) is 11.3 Å². The lowest BCUT2D eigenvalue weighted by Crippen LogP contribution is -2.45. The first-order chi connectivity index (χ1) is 12.5. The van der Waals surface area contributed by atoms with Crippen molar-refractivity contribution >= 4 is 23.2 Å². The number of hydrogen-bond donors (Lipinski definition) is 1. The number of hydrogen-bond acceptors (Lipinski definition) is 8. The van der Waals surface area contributed by atoms with Gasteiger partial charge in [-0.1, -0.05) is 25.1 Å². The molecule has 9 heteroatoms. The number of rotatable bonds is 7. The van der Waals surface area contributed by atoms with Crippen LogP contribution >= 0.6 is 11.3 Å². The Morgan fingerprint density at radius 1 is 1.31 bits per heavy atom. The maximum atomic E-state index is 12.3. The SMILES string of the molecule is CC(C)[C@H](NC(=O)c1ccco1)C(=O)OCc1nc(-c2cccs2)no1. The van der Waals surface area contributed by atoms with Crippen LogP contribution in [-0.4, -0.2) is 28.1 Å². The monoisotopic (exact) mass is 375 g/mol. The van der Waals surface area contributed by atoms with E-state index >= 15 is 0 Å². The van der Waals surface area contributed by atoms with Gasteiger partial charge in [0.15, 0.2) is 12.4 Å². The van der Waals surface area contributed by atoms with Crippen LogP contribution in [0.25, 0.3) is 10.7 Å². The van der Waals surface area contributed by atoms with Gasteiger partial charge in [0, 0.05) is 0 Å². The molecule has 136 valence electrons. The highest BCUT2D eigenvalue weighted by molar-refractivity contribution is 7.13. The zero-order valence-corrected chi connectivity index (χ0v) is 15.0. The average Bonchev–Trinajstić information content (AvgIpc) is 3.38. The van der Waals surface area contributed by atoms with E-state index in [9.17, 15) is 9.59 Å². The highest BCUT2D eigenvalue weighted by Crippen LogP contribution is 2.21. The summed E-state index contributed by atoms with van der Waals surface area (Å²) in [5.74, 6) is -0.495. The van der Waals surface area contributed by atoms with Gasteiger partial charge in [-0.05, 0) is 29.5 Å². The van der Waals surface area contributed by atoms with Crippen LogP contribution in [0.2, 0.25) is 0 Å². The standard InChI is InChI=1S/C17H17N3O5S/c1-10(2)14(19-16(21)11-5-3-7-23-11)17(22)24-9-13-18-15(20-25-13)12-6-4-8-26-12/h3-8,10,14H,9H2,1-2H3,(H,19,21)/t14-/m0/s1. The molecule has 3 rings (SSSR count). The van der Waals surface area contributed by atoms with E-state index in [4.69, 9.17) is 13.7 Å². The lowest BCUT2D eigenvalue weighted by Gasteiger charge is -2.19. The van der Waals surface area contributed by atoms with E-state index in [1.165, 1.54) is 23.7 Å². The van der Waals surface area contributed by atoms with Crippen LogP contribution in [0.5, 0.6) is 0 Å². The summed E-state index contributed by atoms with van der Waals surface area (Å²) in [5.41, 5.74) is 0. The molecular formula is C17H17N3O5S. The van der Waals surface area contributed by atoms with Crippen LogP contribution in [0.3, 0.4) is 0 Å². The lowest BCUT2D eigenvalue weighted by molar-refractivity contribution is -0.149. The first-order valence-electron chi connectivity index (χ1n) is 7.92. The molecule has 26 heavy (non-hydrogen) atoms. The predicted octanol–water partition coefficient (Wildman–Crippen LogP) is 2.89. The molecule has 3 heterocycles. The second-order valence-electron chi connectivity index (χ2n) is 5.77. The summed E-state index contributed by atoms with van der Waals surface area (Å²) in [6.45, 7) is 3.43. The number of esters is 1. The average molecular weight is 375 g/mol. The molecule has 3 aromatic rings. The normalized spacial score (nSPS) is 12.1. The quantitative estimate of drug-likeness (QED) is 0.633. The minimum atomic E-state index is -0.827. The second kappa shape index (κ2) is 7.96. The van der Waals surface area contributed by atoms with Crippen molar-refractivity contribution in [1.82, 2.24) is 15.5 Å². The van der Waals surface area contributed by atoms with Crippen molar-refractivity contribution < 1.29 is 23.3 Å². The van der Waals surface area contributed by atoms with Crippen LogP contribution in [0.4, 0.5) is 0 Å². The van der Waals surface area contributed by atoms with Gasteiger partial charge in [-0.3, -0.25) is 4.79 Å². The van der Waals surface area contributed by atoms with E-state index in [2.05, 4.69) is 15.5 Å². The highest BCUT2D eigenvalue weighted by atomic mass is 32.1. The zero-order chi connectivity index (χ0) is 18.5. The van der Waals surface area contributed by atoms with Gasteiger partial charge in [-0.25, -0.2) is 4.79 Å². The Kier molecular flexibility index (Phi) is 5.47. The third kappa shape index (κ3) is 4.17. The van der Waals surface area contributed by atoms with Crippen molar-refractivity contribution in [3.05, 3.63) is 47.6 Å². The molecule has 1 atom stereocenters. The first kappa shape index (κ1) is 17.9. The summed E-state index contributed by atoms with van der Waals surface area (Å²) in [5, 5.41) is 8.36. The van der Waals surface area contributed by atoms with Crippen molar-refractivity contribution in [3.8, 4) is 10.7 Å². The smallest absolute Gasteiger partial charge is 0.329 e. The topological polar surface area (TPSA) is 107 Å². The minimum Gasteiger partial charge on any atom is -0.459 e. The summed E-state index contributed by atoms with van der Waals surface area (Å²) >= 11 is 1.48. The van der Waals surface area contributed by atoms with E-state index < -0.39 is 17.9 Å². The summed E-state index contributed by atoms with van der Waals surface area (Å²) in [4.78, 5) is 29.5. The molecule has 0 bridgehead atoms. The fourth-order valence-corrected chi connectivity index (χ4v) is 2.81. The summed E-state index contributed by atoms with van der Waals surface area (Å²) in [6, 6.07) is 6.03. The molecule has 0 aromatic carbocycles. The molecule has 0 saturated heterocycles. The van der Waals surface area contributed by atoms with Gasteiger partial charge in [0.05, 0.1) is 11.1 Å². The van der Waals surface area contributed by atoms with Crippen molar-refractivity contribution in [3.63, 3.8) is 0 Å². The Morgan fingerprint density at radius 2 is 2.15 bits per heavy atom. The van der Waals surface area contributed by atoms with E-state index in [0.717, 1.165) is 4.88 Å². The minimum absolute atomic E-state index is 0.126. The van der Waals surface area contributed by atoms with Crippen LogP contribution in [-0.2, 0) is 16.1 Å². The molecule has 1 amide bonds. The van der Waals surface area contributed by atoms with Crippen LogP contribution in [0.1, 0.15) is 30.3 Å². The third-order valence-electron chi connectivity index (χ3n) is 3.50. The molecule has 0 unspecified atom stereocenters. The Labute approximate surface area is 153 Å². The number of carbonyl (C=O) groups excluding carboxylic acids is 2. The molecule has 0 aliphatic rings. The first-order valence-corrected chi connectivity index (χ1v) is 8.80. The van der Waals surface area contributed by atoms with E-state index in [1.807, 2.05) is 17.5 Å². The Balaban J connectivity index is 1.59. The van der Waals surface area contributed by atoms with Gasteiger partial charge in [0.1, 0.15) is 6.04 Å². The molecule has 3 aromatic heterocycles. The zero-order valence-electron chi connectivity index (χ0n) is 14.2. The molecule has 1 N–H and O–H groups in total. The van der Waals surface area contributed by atoms with Gasteiger partial charge < -0.3 is 19.0 Å². The van der Waals surface area contributed by atoms with Crippen LogP contribution in [0.15, 0.2) is 44.8 Å². The summed E-state index contributed by atoms with van der Waals surface area (Å²) < 4.78 is 15.3. The number of nitrogens with one attached hydrogen (secondary N) is 1. The molecule has 0 fully saturated rings. The summed E-state index contributed by atoms with van der Waals surface area (Å²) in [6.07, 6.45) is 1.39. The highest BCUT2D eigenvalue weighted by Gasteiger charge is 2.27. The number of nitrogens with zero attached hydrogens (tertiary/aromatic N) is 2. The summed E-state index contributed by atoms with van der Waals surface area (Å²) in [7, 11) is 0. The molecule has 0 saturated carbocycles. The number of amides is 1. The van der Waals surface area contributed by atoms with E-state index in [0.29, 0.717) is 5.82 Å². The lowest BCUT2D eigenvalue weighted by atomic mass is 10.0. The number of ether oxygens (including phenoxy) is 1. The fourth-order valence-electron chi connectivity index (χ4n) is 2.16. The van der Waals surface area contributed by atoms with E-state index in [-0.39, 0.29) is 24.2 Å². The molecule has 0 radical (unpaired) electrons. The number of aromatic nitrogens is 2. The Morgan fingerprint density at radius 3 is 2.81 bits per heavy atom. The largest absolute Gasteiger partial charge is 0.459 e. The third-order valence-corrected chi connectivity index (χ3v) is 4.37. The predicted molar refractivity (Wildman–Crippen MR) is 92.2 cm³/mol.